The van der Waals surface area contributed by atoms with Crippen LogP contribution in [0.3, 0.4) is 0 Å². The maximum absolute atomic E-state index is 9.47. The summed E-state index contributed by atoms with van der Waals surface area (Å²) in [6, 6.07) is 22.6. The second-order valence-corrected chi connectivity index (χ2v) is 25.7. The average Bonchev–Trinajstić information content (AvgIpc) is 0.691. The van der Waals surface area contributed by atoms with Gasteiger partial charge in [0.2, 0.25) is 0 Å². The van der Waals surface area contributed by atoms with Gasteiger partial charge < -0.3 is 0 Å². The van der Waals surface area contributed by atoms with Crippen LogP contribution in [0.15, 0.2) is 448 Å². The van der Waals surface area contributed by atoms with E-state index in [1.807, 2.05) is 78.9 Å². The summed E-state index contributed by atoms with van der Waals surface area (Å²) in [5.74, 6) is 0. The third-order valence-electron chi connectivity index (χ3n) is 19.7. The highest BCUT2D eigenvalue weighted by Gasteiger charge is 2.24. The molecule has 0 aliphatic heterocycles. The largest absolute Gasteiger partial charge is 0.0629 e. The maximum atomic E-state index is 9.47. The van der Waals surface area contributed by atoms with E-state index in [1.54, 1.807) is 97.1 Å². The molecule has 0 aliphatic rings. The van der Waals surface area contributed by atoms with Gasteiger partial charge in [0.25, 0.3) is 0 Å². The van der Waals surface area contributed by atoms with Gasteiger partial charge in [-0.25, -0.2) is 0 Å². The fourth-order valence-electron chi connectivity index (χ4n) is 15.0. The van der Waals surface area contributed by atoms with Crippen molar-refractivity contribution in [2.24, 2.45) is 0 Å². The molecule has 0 heteroatoms. The number of benzene rings is 22. The molecule has 0 fully saturated rings. The van der Waals surface area contributed by atoms with Crippen molar-refractivity contribution in [2.45, 2.75) is 0 Å². The van der Waals surface area contributed by atoms with Crippen LogP contribution in [0.25, 0.3) is 208 Å². The van der Waals surface area contributed by atoms with Crippen LogP contribution in [0.5, 0.6) is 0 Å². The van der Waals surface area contributed by atoms with Gasteiger partial charge in [-0.15, -0.1) is 0 Å². The first-order valence-electron chi connectivity index (χ1n) is 57.6. The smallest absolute Gasteiger partial charge is 0.0622 e. The molecule has 0 bridgehead atoms. The predicted octanol–water partition coefficient (Wildman–Crippen LogP) is 31.6. The zero-order chi connectivity index (χ0) is 113. The summed E-state index contributed by atoms with van der Waals surface area (Å²) >= 11 is 0. The van der Waals surface area contributed by atoms with Gasteiger partial charge in [0.15, 0.2) is 0 Å². The van der Waals surface area contributed by atoms with Crippen molar-refractivity contribution >= 4 is 108 Å². The van der Waals surface area contributed by atoms with Gasteiger partial charge in [0.1, 0.15) is 0 Å². The standard InChI is InChI=1S/C42H28.C40H26.C30H20/c1-3-15-29(16-4-1)32-27-31-19-7-8-21-34(31)40(28-32)42-38-25-13-11-23-36(38)41(37-24-12-14-26-39(37)42)35-22-10-9-20-33(35)30-17-5-2-6-18-30;1-2-13-27(14-3-1)29-22-11-24-32-31(29)23-12-26-34(32)40-37-20-8-6-18-35(37)39(36-19-7-9-21-38(36)40)33-25-10-16-28-15-4-5-17-30(28)33;1-2-12-22(13-3-1)29-25-16-6-8-18-27(25)30(28-19-9-7-17-26(28)29)24-20-10-14-21-11-4-5-15-23(21)24/h1-28H;1-26H;1-20H/i2D,5D,6D,9D,10D,11D,12D,13D,14D,17D,18D,20D,22D,23D,24D,25D,26D;1D,2D,3D,6D,7D,8D,9D,13D,14D,18D,19D,20D,21D;4D,5D,6D,7D,8D,9D,10D,11D,14D,15D,16D,17D,18D,19D,20D. The van der Waals surface area contributed by atoms with Gasteiger partial charge in [-0.3, -0.25) is 0 Å². The number of rotatable bonds is 9. The molecule has 0 aromatic heterocycles. The van der Waals surface area contributed by atoms with Crippen LogP contribution >= 0.6 is 0 Å². The molecule has 0 aliphatic carbocycles. The van der Waals surface area contributed by atoms with Gasteiger partial charge in [-0.05, 0) is 220 Å². The average molecular weight is 1470 g/mol. The van der Waals surface area contributed by atoms with Gasteiger partial charge in [-0.1, -0.05) is 436 Å². The normalized spacial score (nSPS) is 17.0. The van der Waals surface area contributed by atoms with E-state index in [4.69, 9.17) is 49.3 Å². The molecule has 0 saturated heterocycles. The summed E-state index contributed by atoms with van der Waals surface area (Å²) in [5, 5.41) is 1.15. The summed E-state index contributed by atoms with van der Waals surface area (Å²) in [6.45, 7) is 0. The molecular formula is C112H74. The zero-order valence-electron chi connectivity index (χ0n) is 103. The van der Waals surface area contributed by atoms with Crippen LogP contribution in [0.2, 0.25) is 0 Å². The number of hydrogen-bond acceptors (Lipinski definition) is 0. The van der Waals surface area contributed by atoms with Gasteiger partial charge in [0, 0.05) is 0 Å². The Balaban J connectivity index is 0.000000142. The lowest BCUT2D eigenvalue weighted by atomic mass is 9.82. The van der Waals surface area contributed by atoms with E-state index in [1.165, 1.54) is 0 Å². The molecular weight excluding hydrogens is 1350 g/mol. The molecule has 22 aromatic carbocycles. The summed E-state index contributed by atoms with van der Waals surface area (Å²) in [4.78, 5) is 0. The van der Waals surface area contributed by atoms with E-state index in [-0.39, 0.29) is 115 Å². The molecule has 0 radical (unpaired) electrons. The Bertz CT molecular complexity index is 9930. The lowest BCUT2D eigenvalue weighted by molar-refractivity contribution is 1.60. The Morgan fingerprint density at radius 2 is 0.438 bits per heavy atom. The highest BCUT2D eigenvalue weighted by molar-refractivity contribution is 6.28. The second kappa shape index (κ2) is 29.2. The van der Waals surface area contributed by atoms with Crippen molar-refractivity contribution in [3.63, 3.8) is 0 Å². The Labute approximate surface area is 715 Å². The van der Waals surface area contributed by atoms with Crippen LogP contribution in [-0.2, 0) is 0 Å². The highest BCUT2D eigenvalue weighted by Crippen LogP contribution is 2.51. The number of fused-ring (bicyclic) bond motifs is 10. The minimum atomic E-state index is -0.854. The third-order valence-corrected chi connectivity index (χ3v) is 19.7. The highest BCUT2D eigenvalue weighted by atomic mass is 14.3. The number of hydrogen-bond donors (Lipinski definition) is 0. The quantitative estimate of drug-likeness (QED) is 0.126. The SMILES string of the molecule is [2H]c1c([2H])c([2H])c(-c2c([2H])c([2H])c([2H])c([2H])c2-c2c3c([2H])c([2H])c([2H])c([2H])c3c(-c3cc(-c4ccccc4)cc4ccccc34)c3c([2H])c([2H])c([2H])c([2H])c23)c([2H])c1[2H].[2H]c1c([2H])c([2H])c(-c2cccc3c(-c4c5c([2H])c([2H])c([2H])c([2H])c5c(-c5cccc6ccccc56)c5c([2H])c([2H])c([2H])c([2H])c45)cccc23)c([2H])c1[2H].[2H]c1c([2H])c([2H])c2c(-c3c4c([2H])c([2H])c([2H])c([2H])c4c(-c4ccccc4)c4c([2H])c([2H])c([2H])c([2H])c34)c([2H])c([2H])c([2H])c2c1[2H]. The van der Waals surface area contributed by atoms with E-state index in [0.717, 1.165) is 16.3 Å². The monoisotopic (exact) mass is 1460 g/mol. The van der Waals surface area contributed by atoms with E-state index < -0.39 is 293 Å². The van der Waals surface area contributed by atoms with Crippen LogP contribution in [-0.4, -0.2) is 0 Å². The fourth-order valence-corrected chi connectivity index (χ4v) is 15.0. The van der Waals surface area contributed by atoms with E-state index in [0.29, 0.717) is 54.9 Å². The lowest BCUT2D eigenvalue weighted by Crippen LogP contribution is -1.93. The Hall–Kier alpha value is -14.6. The van der Waals surface area contributed by atoms with Crippen molar-refractivity contribution in [1.29, 1.82) is 0 Å². The molecule has 22 rings (SSSR count). The Morgan fingerprint density at radius 3 is 0.955 bits per heavy atom. The molecule has 522 valence electrons. The minimum Gasteiger partial charge on any atom is -0.0622 e. The van der Waals surface area contributed by atoms with Gasteiger partial charge in [-0.2, -0.15) is 0 Å². The van der Waals surface area contributed by atoms with Crippen LogP contribution in [0.1, 0.15) is 61.7 Å². The van der Waals surface area contributed by atoms with Crippen LogP contribution < -0.4 is 0 Å². The first-order chi connectivity index (χ1) is 74.3. The summed E-state index contributed by atoms with van der Waals surface area (Å²) in [7, 11) is 0. The first-order valence-corrected chi connectivity index (χ1v) is 35.1. The van der Waals surface area contributed by atoms with Crippen LogP contribution in [0, 0.1) is 0 Å². The van der Waals surface area contributed by atoms with Gasteiger partial charge in [0.05, 0.1) is 61.7 Å². The third kappa shape index (κ3) is 11.9. The summed E-state index contributed by atoms with van der Waals surface area (Å²) in [5.41, 5.74) is 0.753. The maximum Gasteiger partial charge on any atom is 0.0629 e. The molecule has 0 amide bonds. The van der Waals surface area contributed by atoms with Crippen LogP contribution in [0.4, 0.5) is 0 Å². The van der Waals surface area contributed by atoms with Crippen molar-refractivity contribution < 1.29 is 61.7 Å². The van der Waals surface area contributed by atoms with Crippen molar-refractivity contribution in [1.82, 2.24) is 0 Å². The van der Waals surface area contributed by atoms with Crippen molar-refractivity contribution in [3.8, 4) is 100 Å². The molecule has 0 spiro atoms. The van der Waals surface area contributed by atoms with Crippen molar-refractivity contribution in [2.75, 3.05) is 0 Å². The molecule has 0 heterocycles. The Kier molecular flexibility index (Phi) is 9.07. The van der Waals surface area contributed by atoms with E-state index in [2.05, 4.69) is 0 Å². The molecule has 0 unspecified atom stereocenters. The zero-order valence-corrected chi connectivity index (χ0v) is 58.2. The molecule has 22 aromatic rings. The van der Waals surface area contributed by atoms with E-state index >= 15 is 0 Å². The van der Waals surface area contributed by atoms with E-state index in [9.17, 15) is 12.3 Å². The molecule has 0 atom stereocenters. The summed E-state index contributed by atoms with van der Waals surface area (Å²) in [6.07, 6.45) is 0. The van der Waals surface area contributed by atoms with Crippen molar-refractivity contribution in [3.05, 3.63) is 448 Å². The lowest BCUT2D eigenvalue weighted by Gasteiger charge is -2.21. The molecule has 0 nitrogen and oxygen atoms in total. The fraction of sp³-hybridized carbons (Fsp3) is 0. The molecule has 0 saturated carbocycles. The van der Waals surface area contributed by atoms with Gasteiger partial charge >= 0.3 is 0 Å². The minimum absolute atomic E-state index is 0.00285. The summed E-state index contributed by atoms with van der Waals surface area (Å²) < 4.78 is 397. The Morgan fingerprint density at radius 1 is 0.125 bits per heavy atom. The topological polar surface area (TPSA) is 0 Å². The molecule has 0 N–H and O–H groups in total. The second-order valence-electron chi connectivity index (χ2n) is 25.7. The molecule has 112 heavy (non-hydrogen) atoms. The first kappa shape index (κ1) is 34.8. The predicted molar refractivity (Wildman–Crippen MR) is 483 cm³/mol.